The quantitative estimate of drug-likeness (QED) is 0.715. The van der Waals surface area contributed by atoms with Crippen molar-refractivity contribution >= 4 is 5.91 Å². The van der Waals surface area contributed by atoms with Gasteiger partial charge in [0.2, 0.25) is 5.91 Å². The molecule has 0 radical (unpaired) electrons. The van der Waals surface area contributed by atoms with E-state index in [1.54, 1.807) is 0 Å². The van der Waals surface area contributed by atoms with Gasteiger partial charge < -0.3 is 5.32 Å². The van der Waals surface area contributed by atoms with Crippen LogP contribution in [0.4, 0.5) is 0 Å². The van der Waals surface area contributed by atoms with Crippen LogP contribution in [0.2, 0.25) is 0 Å². The predicted octanol–water partition coefficient (Wildman–Crippen LogP) is 2.48. The minimum absolute atomic E-state index is 0.182. The van der Waals surface area contributed by atoms with Gasteiger partial charge in [0.15, 0.2) is 0 Å². The molecule has 76 valence electrons. The third-order valence-corrected chi connectivity index (χ3v) is 3.01. The monoisotopic (exact) mass is 183 g/mol. The standard InChI is InChI=1S/C11H21NO/c1-3-9(2)11(13)12-10-7-5-4-6-8-10/h9-10H,3-8H2,1-2H3,(H,12,13)/t9-/m0/s1. The Morgan fingerprint density at radius 3 is 2.54 bits per heavy atom. The molecule has 1 aliphatic rings. The molecule has 0 aromatic rings. The molecule has 0 heterocycles. The number of carbonyl (C=O) groups excluding carboxylic acids is 1. The largest absolute Gasteiger partial charge is 0.353 e. The van der Waals surface area contributed by atoms with Gasteiger partial charge in [-0.3, -0.25) is 4.79 Å². The summed E-state index contributed by atoms with van der Waals surface area (Å²) in [5, 5.41) is 3.13. The summed E-state index contributed by atoms with van der Waals surface area (Å²) >= 11 is 0. The molecule has 2 nitrogen and oxygen atoms in total. The first-order chi connectivity index (χ1) is 6.24. The van der Waals surface area contributed by atoms with Crippen LogP contribution in [0.3, 0.4) is 0 Å². The van der Waals surface area contributed by atoms with Gasteiger partial charge in [0, 0.05) is 12.0 Å². The first-order valence-corrected chi connectivity index (χ1v) is 5.54. The summed E-state index contributed by atoms with van der Waals surface area (Å²) in [7, 11) is 0. The lowest BCUT2D eigenvalue weighted by atomic mass is 9.95. The summed E-state index contributed by atoms with van der Waals surface area (Å²) in [4.78, 5) is 11.5. The van der Waals surface area contributed by atoms with Crippen LogP contribution < -0.4 is 5.32 Å². The van der Waals surface area contributed by atoms with E-state index in [1.807, 2.05) is 6.92 Å². The zero-order chi connectivity index (χ0) is 9.68. The van der Waals surface area contributed by atoms with Gasteiger partial charge in [-0.1, -0.05) is 33.1 Å². The van der Waals surface area contributed by atoms with E-state index >= 15 is 0 Å². The van der Waals surface area contributed by atoms with Crippen molar-refractivity contribution in [2.24, 2.45) is 5.92 Å². The van der Waals surface area contributed by atoms with Gasteiger partial charge in [-0.15, -0.1) is 0 Å². The van der Waals surface area contributed by atoms with Crippen molar-refractivity contribution < 1.29 is 4.79 Å². The fourth-order valence-corrected chi connectivity index (χ4v) is 1.78. The SMILES string of the molecule is CC[C@H](C)C(=O)NC1CCCCC1. The highest BCUT2D eigenvalue weighted by atomic mass is 16.1. The maximum absolute atomic E-state index is 11.5. The second-order valence-corrected chi connectivity index (χ2v) is 4.15. The molecule has 1 N–H and O–H groups in total. The Kier molecular flexibility index (Phi) is 4.26. The highest BCUT2D eigenvalue weighted by molar-refractivity contribution is 5.78. The summed E-state index contributed by atoms with van der Waals surface area (Å²) in [5.41, 5.74) is 0. The van der Waals surface area contributed by atoms with Gasteiger partial charge in [0.25, 0.3) is 0 Å². The molecule has 0 unspecified atom stereocenters. The van der Waals surface area contributed by atoms with E-state index in [9.17, 15) is 4.79 Å². The Balaban J connectivity index is 2.26. The van der Waals surface area contributed by atoms with E-state index in [1.165, 1.54) is 32.1 Å². The van der Waals surface area contributed by atoms with E-state index in [4.69, 9.17) is 0 Å². The molecule has 0 spiro atoms. The molecular weight excluding hydrogens is 162 g/mol. The maximum Gasteiger partial charge on any atom is 0.223 e. The van der Waals surface area contributed by atoms with Crippen molar-refractivity contribution in [3.63, 3.8) is 0 Å². The van der Waals surface area contributed by atoms with E-state index < -0.39 is 0 Å². The molecule has 13 heavy (non-hydrogen) atoms. The molecule has 0 saturated heterocycles. The van der Waals surface area contributed by atoms with E-state index in [0.29, 0.717) is 6.04 Å². The average Bonchev–Trinajstić information content (AvgIpc) is 2.18. The average molecular weight is 183 g/mol. The fourth-order valence-electron chi connectivity index (χ4n) is 1.78. The molecule has 0 aromatic heterocycles. The topological polar surface area (TPSA) is 29.1 Å². The van der Waals surface area contributed by atoms with Crippen LogP contribution in [0.25, 0.3) is 0 Å². The third kappa shape index (κ3) is 3.37. The van der Waals surface area contributed by atoms with Gasteiger partial charge in [-0.2, -0.15) is 0 Å². The Hall–Kier alpha value is -0.530. The second kappa shape index (κ2) is 5.25. The van der Waals surface area contributed by atoms with Gasteiger partial charge in [0.1, 0.15) is 0 Å². The smallest absolute Gasteiger partial charge is 0.223 e. The van der Waals surface area contributed by atoms with Crippen LogP contribution in [0.1, 0.15) is 52.4 Å². The Bertz CT molecular complexity index is 161. The van der Waals surface area contributed by atoms with E-state index in [2.05, 4.69) is 12.2 Å². The van der Waals surface area contributed by atoms with Gasteiger partial charge in [-0.05, 0) is 19.3 Å². The summed E-state index contributed by atoms with van der Waals surface area (Å²) < 4.78 is 0. The van der Waals surface area contributed by atoms with Crippen LogP contribution in [0, 0.1) is 5.92 Å². The molecule has 1 rings (SSSR count). The number of hydrogen-bond donors (Lipinski definition) is 1. The highest BCUT2D eigenvalue weighted by Crippen LogP contribution is 2.17. The normalized spacial score (nSPS) is 21.1. The zero-order valence-electron chi connectivity index (χ0n) is 8.81. The molecule has 0 aliphatic heterocycles. The van der Waals surface area contributed by atoms with Crippen LogP contribution in [0.5, 0.6) is 0 Å². The molecule has 1 fully saturated rings. The second-order valence-electron chi connectivity index (χ2n) is 4.15. The summed E-state index contributed by atoms with van der Waals surface area (Å²) in [5.74, 6) is 0.427. The van der Waals surface area contributed by atoms with Gasteiger partial charge in [0.05, 0.1) is 0 Å². The Labute approximate surface area is 81.1 Å². The van der Waals surface area contributed by atoms with Crippen LogP contribution >= 0.6 is 0 Å². The van der Waals surface area contributed by atoms with Crippen molar-refractivity contribution in [2.45, 2.75) is 58.4 Å². The van der Waals surface area contributed by atoms with Crippen molar-refractivity contribution in [1.29, 1.82) is 0 Å². The van der Waals surface area contributed by atoms with Crippen LogP contribution in [-0.2, 0) is 4.79 Å². The number of carbonyl (C=O) groups is 1. The highest BCUT2D eigenvalue weighted by Gasteiger charge is 2.18. The number of hydrogen-bond acceptors (Lipinski definition) is 1. The van der Waals surface area contributed by atoms with Crippen molar-refractivity contribution in [2.75, 3.05) is 0 Å². The van der Waals surface area contributed by atoms with Crippen LogP contribution in [0.15, 0.2) is 0 Å². The number of nitrogens with one attached hydrogen (secondary N) is 1. The number of rotatable bonds is 3. The maximum atomic E-state index is 11.5. The summed E-state index contributed by atoms with van der Waals surface area (Å²) in [6, 6.07) is 0.468. The molecular formula is C11H21NO. The van der Waals surface area contributed by atoms with Crippen molar-refractivity contribution in [1.82, 2.24) is 5.32 Å². The zero-order valence-corrected chi connectivity index (χ0v) is 8.81. The number of amides is 1. The third-order valence-electron chi connectivity index (χ3n) is 3.01. The van der Waals surface area contributed by atoms with Crippen molar-refractivity contribution in [3.8, 4) is 0 Å². The minimum Gasteiger partial charge on any atom is -0.353 e. The molecule has 1 aliphatic carbocycles. The minimum atomic E-state index is 0.182. The lowest BCUT2D eigenvalue weighted by Gasteiger charge is -2.24. The molecule has 1 atom stereocenters. The summed E-state index contributed by atoms with van der Waals surface area (Å²) in [6.45, 7) is 4.06. The fraction of sp³-hybridized carbons (Fsp3) is 0.909. The van der Waals surface area contributed by atoms with Gasteiger partial charge in [-0.25, -0.2) is 0 Å². The van der Waals surface area contributed by atoms with Crippen molar-refractivity contribution in [3.05, 3.63) is 0 Å². The van der Waals surface area contributed by atoms with Gasteiger partial charge >= 0.3 is 0 Å². The Morgan fingerprint density at radius 2 is 2.00 bits per heavy atom. The van der Waals surface area contributed by atoms with E-state index in [-0.39, 0.29) is 11.8 Å². The molecule has 0 bridgehead atoms. The first-order valence-electron chi connectivity index (χ1n) is 5.54. The molecule has 2 heteroatoms. The molecule has 0 aromatic carbocycles. The first kappa shape index (κ1) is 10.6. The Morgan fingerprint density at radius 1 is 1.38 bits per heavy atom. The van der Waals surface area contributed by atoms with Crippen LogP contribution in [-0.4, -0.2) is 11.9 Å². The lowest BCUT2D eigenvalue weighted by molar-refractivity contribution is -0.125. The predicted molar refractivity (Wildman–Crippen MR) is 54.5 cm³/mol. The molecule has 1 saturated carbocycles. The summed E-state index contributed by atoms with van der Waals surface area (Å²) in [6.07, 6.45) is 7.22. The lowest BCUT2D eigenvalue weighted by Crippen LogP contribution is -2.39. The molecule has 1 amide bonds. The van der Waals surface area contributed by atoms with E-state index in [0.717, 1.165) is 6.42 Å².